The Morgan fingerprint density at radius 3 is 2.38 bits per heavy atom. The third kappa shape index (κ3) is 5.08. The molecule has 2 heterocycles. The maximum atomic E-state index is 13.2. The number of hydrogen-bond donors (Lipinski definition) is 0. The largest absolute Gasteiger partial charge is 0.447 e. The molecule has 9 heteroatoms. The minimum Gasteiger partial charge on any atom is -0.447 e. The Morgan fingerprint density at radius 1 is 1.17 bits per heavy atom. The van der Waals surface area contributed by atoms with Crippen molar-refractivity contribution in [3.63, 3.8) is 0 Å². The van der Waals surface area contributed by atoms with E-state index in [9.17, 15) is 18.0 Å². The van der Waals surface area contributed by atoms with Gasteiger partial charge in [0.2, 0.25) is 0 Å². The quantitative estimate of drug-likeness (QED) is 0.631. The third-order valence-electron chi connectivity index (χ3n) is 5.65. The van der Waals surface area contributed by atoms with Gasteiger partial charge in [0, 0.05) is 30.4 Å². The number of cyclic esters (lactones) is 1. The molecule has 2 aliphatic heterocycles. The minimum absolute atomic E-state index is 0.0225. The SMILES string of the molecule is CCN(CC)CCN(C(=O)c1ccc(N2CCOC2=O)cc1)[C@@H]1CCS(=O)(=O)C1. The molecule has 29 heavy (non-hydrogen) atoms. The number of anilines is 1. The van der Waals surface area contributed by atoms with Gasteiger partial charge >= 0.3 is 6.09 Å². The van der Waals surface area contributed by atoms with Gasteiger partial charge in [0.25, 0.3) is 5.91 Å². The van der Waals surface area contributed by atoms with Crippen LogP contribution in [0.2, 0.25) is 0 Å². The van der Waals surface area contributed by atoms with Gasteiger partial charge in [0.15, 0.2) is 9.84 Å². The second kappa shape index (κ2) is 9.13. The van der Waals surface area contributed by atoms with Crippen LogP contribution in [-0.2, 0) is 14.6 Å². The van der Waals surface area contributed by atoms with Crippen molar-refractivity contribution in [3.05, 3.63) is 29.8 Å². The average Bonchev–Trinajstić information content (AvgIpc) is 3.30. The number of benzene rings is 1. The number of amides is 2. The van der Waals surface area contributed by atoms with Crippen molar-refractivity contribution in [2.24, 2.45) is 0 Å². The van der Waals surface area contributed by atoms with Crippen LogP contribution in [0.1, 0.15) is 30.6 Å². The maximum absolute atomic E-state index is 13.2. The van der Waals surface area contributed by atoms with Gasteiger partial charge < -0.3 is 14.5 Å². The van der Waals surface area contributed by atoms with Gasteiger partial charge in [-0.3, -0.25) is 9.69 Å². The number of likely N-dealkylation sites (N-methyl/N-ethyl adjacent to an activating group) is 1. The molecule has 1 atom stereocenters. The monoisotopic (exact) mass is 423 g/mol. The smallest absolute Gasteiger partial charge is 0.414 e. The van der Waals surface area contributed by atoms with Gasteiger partial charge in [-0.25, -0.2) is 13.2 Å². The molecule has 160 valence electrons. The van der Waals surface area contributed by atoms with Gasteiger partial charge in [0.05, 0.1) is 18.1 Å². The van der Waals surface area contributed by atoms with Crippen LogP contribution >= 0.6 is 0 Å². The molecule has 0 N–H and O–H groups in total. The fourth-order valence-corrected chi connectivity index (χ4v) is 5.57. The molecule has 0 bridgehead atoms. The van der Waals surface area contributed by atoms with E-state index < -0.39 is 9.84 Å². The zero-order valence-corrected chi connectivity index (χ0v) is 17.9. The van der Waals surface area contributed by atoms with E-state index in [0.717, 1.165) is 13.1 Å². The van der Waals surface area contributed by atoms with E-state index in [4.69, 9.17) is 4.74 Å². The fourth-order valence-electron chi connectivity index (χ4n) is 3.84. The lowest BCUT2D eigenvalue weighted by atomic mass is 10.1. The average molecular weight is 424 g/mol. The molecule has 2 aliphatic rings. The number of sulfone groups is 1. The fraction of sp³-hybridized carbons (Fsp3) is 0.600. The summed E-state index contributed by atoms with van der Waals surface area (Å²) < 4.78 is 28.9. The number of carbonyl (C=O) groups excluding carboxylic acids is 2. The van der Waals surface area contributed by atoms with E-state index in [1.54, 1.807) is 29.2 Å². The van der Waals surface area contributed by atoms with Crippen molar-refractivity contribution >= 4 is 27.5 Å². The summed E-state index contributed by atoms with van der Waals surface area (Å²) in [6, 6.07) is 6.55. The number of carbonyl (C=O) groups is 2. The number of nitrogens with zero attached hydrogens (tertiary/aromatic N) is 3. The first-order valence-corrected chi connectivity index (χ1v) is 11.9. The maximum Gasteiger partial charge on any atom is 0.414 e. The molecule has 2 saturated heterocycles. The Kier molecular flexibility index (Phi) is 6.79. The van der Waals surface area contributed by atoms with Crippen molar-refractivity contribution in [1.82, 2.24) is 9.80 Å². The van der Waals surface area contributed by atoms with Crippen molar-refractivity contribution in [2.45, 2.75) is 26.3 Å². The molecular weight excluding hydrogens is 394 g/mol. The van der Waals surface area contributed by atoms with Crippen molar-refractivity contribution in [3.8, 4) is 0 Å². The summed E-state index contributed by atoms with van der Waals surface area (Å²) >= 11 is 0. The molecule has 2 fully saturated rings. The van der Waals surface area contributed by atoms with Gasteiger partial charge in [-0.15, -0.1) is 0 Å². The highest BCUT2D eigenvalue weighted by atomic mass is 32.2. The summed E-state index contributed by atoms with van der Waals surface area (Å²) in [4.78, 5) is 30.4. The zero-order chi connectivity index (χ0) is 21.0. The molecule has 0 radical (unpaired) electrons. The zero-order valence-electron chi connectivity index (χ0n) is 17.0. The summed E-state index contributed by atoms with van der Waals surface area (Å²) in [5.74, 6) is -0.0213. The molecule has 0 aliphatic carbocycles. The number of hydrogen-bond acceptors (Lipinski definition) is 6. The number of ether oxygens (including phenoxy) is 1. The molecule has 3 rings (SSSR count). The third-order valence-corrected chi connectivity index (χ3v) is 7.40. The Bertz CT molecular complexity index is 836. The molecule has 0 aromatic heterocycles. The first-order valence-electron chi connectivity index (χ1n) is 10.1. The van der Waals surface area contributed by atoms with E-state index in [1.165, 1.54) is 4.90 Å². The molecule has 0 unspecified atom stereocenters. The van der Waals surface area contributed by atoms with Crippen LogP contribution < -0.4 is 4.90 Å². The van der Waals surface area contributed by atoms with Crippen molar-refractivity contribution < 1.29 is 22.7 Å². The molecule has 8 nitrogen and oxygen atoms in total. The summed E-state index contributed by atoms with van der Waals surface area (Å²) in [6.45, 7) is 7.92. The second-order valence-electron chi connectivity index (χ2n) is 7.40. The van der Waals surface area contributed by atoms with Crippen LogP contribution in [0.15, 0.2) is 24.3 Å². The van der Waals surface area contributed by atoms with Crippen LogP contribution in [0, 0.1) is 0 Å². The molecule has 0 saturated carbocycles. The molecule has 0 spiro atoms. The number of rotatable bonds is 8. The summed E-state index contributed by atoms with van der Waals surface area (Å²) in [5.41, 5.74) is 1.17. The first-order chi connectivity index (χ1) is 13.8. The lowest BCUT2D eigenvalue weighted by molar-refractivity contribution is 0.0674. The second-order valence-corrected chi connectivity index (χ2v) is 9.62. The summed E-state index contributed by atoms with van der Waals surface area (Å²) in [6.07, 6.45) is 0.0883. The van der Waals surface area contributed by atoms with Crippen molar-refractivity contribution in [1.29, 1.82) is 0 Å². The Balaban J connectivity index is 1.77. The van der Waals surface area contributed by atoms with E-state index in [2.05, 4.69) is 18.7 Å². The summed E-state index contributed by atoms with van der Waals surface area (Å²) in [7, 11) is -3.10. The highest BCUT2D eigenvalue weighted by Gasteiger charge is 2.35. The van der Waals surface area contributed by atoms with Crippen LogP contribution in [0.25, 0.3) is 0 Å². The van der Waals surface area contributed by atoms with E-state index in [0.29, 0.717) is 43.9 Å². The van der Waals surface area contributed by atoms with Gasteiger partial charge in [0.1, 0.15) is 6.61 Å². The molecule has 2 amide bonds. The van der Waals surface area contributed by atoms with Gasteiger partial charge in [-0.1, -0.05) is 13.8 Å². The molecule has 1 aromatic carbocycles. The summed E-state index contributed by atoms with van der Waals surface area (Å²) in [5, 5.41) is 0. The lowest BCUT2D eigenvalue weighted by Crippen LogP contribution is -2.45. The van der Waals surface area contributed by atoms with Gasteiger partial charge in [-0.05, 0) is 43.8 Å². The molecule has 1 aromatic rings. The minimum atomic E-state index is -3.10. The standard InChI is InChI=1S/C20H29N3O5S/c1-3-21(4-2)10-11-22(18-9-14-29(26,27)15-18)19(24)16-5-7-17(8-6-16)23-12-13-28-20(23)25/h5-8,18H,3-4,9-15H2,1-2H3/t18-/m1/s1. The Hall–Kier alpha value is -2.13. The van der Waals surface area contributed by atoms with Crippen LogP contribution in [0.5, 0.6) is 0 Å². The highest BCUT2D eigenvalue weighted by Crippen LogP contribution is 2.23. The lowest BCUT2D eigenvalue weighted by Gasteiger charge is -2.31. The van der Waals surface area contributed by atoms with Gasteiger partial charge in [-0.2, -0.15) is 0 Å². The van der Waals surface area contributed by atoms with E-state index in [1.807, 2.05) is 0 Å². The van der Waals surface area contributed by atoms with E-state index in [-0.39, 0.29) is 29.5 Å². The highest BCUT2D eigenvalue weighted by molar-refractivity contribution is 7.91. The Labute approximate surface area is 172 Å². The predicted octanol–water partition coefficient (Wildman–Crippen LogP) is 1.61. The van der Waals surface area contributed by atoms with E-state index >= 15 is 0 Å². The Morgan fingerprint density at radius 2 is 1.86 bits per heavy atom. The van der Waals surface area contributed by atoms with Crippen LogP contribution in [0.3, 0.4) is 0 Å². The first kappa shape index (κ1) is 21.6. The van der Waals surface area contributed by atoms with Crippen molar-refractivity contribution in [2.75, 3.05) is 55.7 Å². The molecular formula is C20H29N3O5S. The predicted molar refractivity (Wildman–Crippen MR) is 111 cm³/mol. The topological polar surface area (TPSA) is 87.2 Å². The normalized spacial score (nSPS) is 20.9. The van der Waals surface area contributed by atoms with Crippen LogP contribution in [0.4, 0.5) is 10.5 Å². The van der Waals surface area contributed by atoms with Crippen LogP contribution in [-0.4, -0.2) is 87.1 Å².